The lowest BCUT2D eigenvalue weighted by atomic mass is 10.0. The van der Waals surface area contributed by atoms with Crippen LogP contribution in [0.2, 0.25) is 10.0 Å². The molecule has 0 bridgehead atoms. The largest absolute Gasteiger partial charge is 0.444 e. The number of hydrogen-bond donors (Lipinski definition) is 2. The Morgan fingerprint density at radius 1 is 0.886 bits per heavy atom. The van der Waals surface area contributed by atoms with Gasteiger partial charge in [-0.2, -0.15) is 0 Å². The highest BCUT2D eigenvalue weighted by Crippen LogP contribution is 2.32. The Bertz CT molecular complexity index is 1610. The number of nitrogens with zero attached hydrogens (tertiary/aromatic N) is 6. The van der Waals surface area contributed by atoms with Crippen LogP contribution in [-0.2, 0) is 17.8 Å². The van der Waals surface area contributed by atoms with Crippen LogP contribution in [-0.4, -0.2) is 60.7 Å². The first-order valence-electron chi connectivity index (χ1n) is 14.4. The summed E-state index contributed by atoms with van der Waals surface area (Å²) < 4.78 is 6.85. The van der Waals surface area contributed by atoms with Crippen LogP contribution in [0.5, 0.6) is 0 Å². The number of amides is 2. The molecule has 2 aromatic carbocycles. The van der Waals surface area contributed by atoms with E-state index in [1.807, 2.05) is 29.3 Å². The molecule has 0 atom stereocenters. The summed E-state index contributed by atoms with van der Waals surface area (Å²) in [5, 5.41) is 14.2. The number of alkyl carbamates (subject to hydrolysis) is 1. The van der Waals surface area contributed by atoms with Crippen LogP contribution < -0.4 is 10.7 Å². The van der Waals surface area contributed by atoms with Crippen LogP contribution in [0.25, 0.3) is 22.5 Å². The molecule has 2 amide bonds. The predicted octanol–water partition coefficient (Wildman–Crippen LogP) is 5.91. The first-order chi connectivity index (χ1) is 21.0. The number of benzene rings is 2. The van der Waals surface area contributed by atoms with E-state index in [-0.39, 0.29) is 24.7 Å². The maximum absolute atomic E-state index is 13.8. The fourth-order valence-electron chi connectivity index (χ4n) is 4.71. The van der Waals surface area contributed by atoms with Gasteiger partial charge in [-0.3, -0.25) is 10.2 Å². The molecule has 0 spiro atoms. The third kappa shape index (κ3) is 8.31. The molecule has 0 radical (unpaired) electrons. The van der Waals surface area contributed by atoms with Crippen molar-refractivity contribution in [1.29, 1.82) is 0 Å². The van der Waals surface area contributed by atoms with Crippen LogP contribution in [0, 0.1) is 0 Å². The molecular formula is C31H34Cl2N8O3. The number of halogens is 2. The molecule has 2 aromatic heterocycles. The highest BCUT2D eigenvalue weighted by atomic mass is 35.5. The zero-order valence-corrected chi connectivity index (χ0v) is 26.3. The second-order valence-corrected chi connectivity index (χ2v) is 12.4. The van der Waals surface area contributed by atoms with E-state index < -0.39 is 11.7 Å². The zero-order chi connectivity index (χ0) is 31.3. The van der Waals surface area contributed by atoms with Gasteiger partial charge < -0.3 is 10.1 Å². The van der Waals surface area contributed by atoms with Crippen molar-refractivity contribution in [2.45, 2.75) is 58.7 Å². The van der Waals surface area contributed by atoms with Crippen molar-refractivity contribution in [2.75, 3.05) is 13.1 Å². The van der Waals surface area contributed by atoms with Gasteiger partial charge in [-0.1, -0.05) is 59.1 Å². The molecule has 5 rings (SSSR count). The Hall–Kier alpha value is -4.06. The van der Waals surface area contributed by atoms with E-state index in [4.69, 9.17) is 37.9 Å². The quantitative estimate of drug-likeness (QED) is 0.244. The third-order valence-corrected chi connectivity index (χ3v) is 7.25. The van der Waals surface area contributed by atoms with E-state index in [1.54, 1.807) is 55.9 Å². The first kappa shape index (κ1) is 31.4. The van der Waals surface area contributed by atoms with Crippen molar-refractivity contribution in [3.05, 3.63) is 81.9 Å². The van der Waals surface area contributed by atoms with Crippen LogP contribution in [0.3, 0.4) is 0 Å². The monoisotopic (exact) mass is 636 g/mol. The fourth-order valence-corrected chi connectivity index (χ4v) is 4.96. The second-order valence-electron chi connectivity index (χ2n) is 11.5. The summed E-state index contributed by atoms with van der Waals surface area (Å²) in [5.74, 6) is -0.362. The highest BCUT2D eigenvalue weighted by Gasteiger charge is 2.24. The minimum Gasteiger partial charge on any atom is -0.444 e. The van der Waals surface area contributed by atoms with Gasteiger partial charge in [-0.05, 0) is 57.9 Å². The highest BCUT2D eigenvalue weighted by molar-refractivity contribution is 6.31. The lowest BCUT2D eigenvalue weighted by molar-refractivity contribution is 0.0522. The van der Waals surface area contributed by atoms with E-state index in [2.05, 4.69) is 21.1 Å². The third-order valence-electron chi connectivity index (χ3n) is 6.74. The van der Waals surface area contributed by atoms with Gasteiger partial charge in [0, 0.05) is 34.3 Å². The fraction of sp³-hybridized carbons (Fsp3) is 0.355. The Morgan fingerprint density at radius 3 is 2.07 bits per heavy atom. The Morgan fingerprint density at radius 2 is 1.48 bits per heavy atom. The van der Waals surface area contributed by atoms with Gasteiger partial charge in [0.05, 0.1) is 36.4 Å². The normalized spacial score (nSPS) is 13.8. The average molecular weight is 638 g/mol. The molecule has 0 unspecified atom stereocenters. The number of nitrogens with one attached hydrogen (secondary N) is 2. The van der Waals surface area contributed by atoms with Gasteiger partial charge in [0.15, 0.2) is 5.69 Å². The minimum atomic E-state index is -0.620. The van der Waals surface area contributed by atoms with E-state index in [0.29, 0.717) is 32.8 Å². The smallest absolute Gasteiger partial charge is 0.407 e. The number of carbonyl (C=O) groups excluding carboxylic acids is 2. The molecule has 4 aromatic rings. The van der Waals surface area contributed by atoms with Gasteiger partial charge in [0.2, 0.25) is 0 Å². The Labute approximate surface area is 265 Å². The maximum atomic E-state index is 13.8. The first-order valence-corrected chi connectivity index (χ1v) is 15.1. The second kappa shape index (κ2) is 13.7. The van der Waals surface area contributed by atoms with E-state index in [1.165, 1.54) is 0 Å². The standard InChI is InChI=1S/C31H34Cl2N8O3/c1-31(2,3)44-30(43)34-17-24-18-41(39-37-24)19-25-28(29(42)38-40-15-5-4-6-16-40)36-27(21-9-13-23(33)14-10-21)26(35-25)20-7-11-22(32)12-8-20/h7-14,18H,4-6,15-17,19H2,1-3H3,(H,34,43)(H,38,42). The molecule has 1 fully saturated rings. The van der Waals surface area contributed by atoms with Crippen molar-refractivity contribution >= 4 is 35.2 Å². The molecule has 0 saturated carbocycles. The molecule has 2 N–H and O–H groups in total. The number of ether oxygens (including phenoxy) is 1. The SMILES string of the molecule is CC(C)(C)OC(=O)NCc1cn(Cc2nc(-c3ccc(Cl)cc3)c(-c3ccc(Cl)cc3)nc2C(=O)NN2CCCCC2)nn1. The summed E-state index contributed by atoms with van der Waals surface area (Å²) in [5.41, 5.74) is 6.10. The number of carbonyl (C=O) groups is 2. The molecule has 1 saturated heterocycles. The van der Waals surface area contributed by atoms with Crippen LogP contribution in [0.4, 0.5) is 4.79 Å². The van der Waals surface area contributed by atoms with Gasteiger partial charge in [0.25, 0.3) is 5.91 Å². The summed E-state index contributed by atoms with van der Waals surface area (Å²) in [6.45, 7) is 7.13. The van der Waals surface area contributed by atoms with E-state index in [9.17, 15) is 9.59 Å². The van der Waals surface area contributed by atoms with Crippen molar-refractivity contribution < 1.29 is 14.3 Å². The number of aromatic nitrogens is 5. The zero-order valence-electron chi connectivity index (χ0n) is 24.8. The van der Waals surface area contributed by atoms with E-state index in [0.717, 1.165) is 43.5 Å². The van der Waals surface area contributed by atoms with Crippen molar-refractivity contribution in [3.63, 3.8) is 0 Å². The topological polar surface area (TPSA) is 127 Å². The molecule has 1 aliphatic heterocycles. The van der Waals surface area contributed by atoms with Crippen LogP contribution >= 0.6 is 23.2 Å². The molecule has 230 valence electrons. The Balaban J connectivity index is 1.51. The average Bonchev–Trinajstić information content (AvgIpc) is 3.44. The summed E-state index contributed by atoms with van der Waals surface area (Å²) in [7, 11) is 0. The van der Waals surface area contributed by atoms with Gasteiger partial charge >= 0.3 is 6.09 Å². The van der Waals surface area contributed by atoms with Crippen molar-refractivity contribution in [3.8, 4) is 22.5 Å². The predicted molar refractivity (Wildman–Crippen MR) is 168 cm³/mol. The lowest BCUT2D eigenvalue weighted by Crippen LogP contribution is -2.45. The maximum Gasteiger partial charge on any atom is 0.407 e. The number of hydrazine groups is 1. The lowest BCUT2D eigenvalue weighted by Gasteiger charge is -2.27. The minimum absolute atomic E-state index is 0.108. The van der Waals surface area contributed by atoms with E-state index >= 15 is 0 Å². The molecule has 11 nitrogen and oxygen atoms in total. The van der Waals surface area contributed by atoms with Crippen molar-refractivity contribution in [1.82, 2.24) is 40.7 Å². The van der Waals surface area contributed by atoms with Crippen LogP contribution in [0.15, 0.2) is 54.7 Å². The molecule has 3 heterocycles. The molecule has 13 heteroatoms. The Kier molecular flexibility index (Phi) is 9.77. The molecule has 1 aliphatic rings. The number of hydrogen-bond acceptors (Lipinski definition) is 8. The van der Waals surface area contributed by atoms with Gasteiger partial charge in [-0.15, -0.1) is 5.10 Å². The summed E-state index contributed by atoms with van der Waals surface area (Å²) >= 11 is 12.4. The number of rotatable bonds is 8. The van der Waals surface area contributed by atoms with Gasteiger partial charge in [-0.25, -0.2) is 24.5 Å². The molecule has 0 aliphatic carbocycles. The summed E-state index contributed by atoms with van der Waals surface area (Å²) in [6.07, 6.45) is 4.26. The van der Waals surface area contributed by atoms with Crippen molar-refractivity contribution in [2.24, 2.45) is 0 Å². The number of piperidine rings is 1. The summed E-state index contributed by atoms with van der Waals surface area (Å²) in [4.78, 5) is 35.8. The molecule has 44 heavy (non-hydrogen) atoms. The summed E-state index contributed by atoms with van der Waals surface area (Å²) in [6, 6.07) is 14.5. The molecular weight excluding hydrogens is 603 g/mol. The van der Waals surface area contributed by atoms with Crippen LogP contribution in [0.1, 0.15) is 61.9 Å². The van der Waals surface area contributed by atoms with Gasteiger partial charge in [0.1, 0.15) is 11.3 Å².